The van der Waals surface area contributed by atoms with Gasteiger partial charge < -0.3 is 15.1 Å². The maximum atomic E-state index is 12.0. The molecule has 1 aliphatic heterocycles. The quantitative estimate of drug-likeness (QED) is 0.821. The SMILES string of the molecule is CN1C[C@@H]2CCC[C@@H](c3cccnc3)[C@]2(C(=CC(=O)O)C(=O)O)C1. The van der Waals surface area contributed by atoms with E-state index in [1.807, 2.05) is 19.2 Å². The smallest absolute Gasteiger partial charge is 0.332 e. The predicted octanol–water partition coefficient (Wildman–Crippen LogP) is 1.99. The third kappa shape index (κ3) is 2.71. The summed E-state index contributed by atoms with van der Waals surface area (Å²) in [6.07, 6.45) is 7.17. The van der Waals surface area contributed by atoms with Crippen LogP contribution in [-0.4, -0.2) is 52.2 Å². The Kier molecular flexibility index (Phi) is 4.41. The molecule has 2 aliphatic rings. The van der Waals surface area contributed by atoms with Crippen LogP contribution in [0.1, 0.15) is 30.7 Å². The Morgan fingerprint density at radius 2 is 2.17 bits per heavy atom. The van der Waals surface area contributed by atoms with Gasteiger partial charge in [0.05, 0.1) is 5.57 Å². The van der Waals surface area contributed by atoms with Crippen LogP contribution in [0.4, 0.5) is 0 Å². The number of fused-ring (bicyclic) bond motifs is 1. The van der Waals surface area contributed by atoms with Gasteiger partial charge in [0.2, 0.25) is 0 Å². The topological polar surface area (TPSA) is 90.7 Å². The molecule has 1 saturated heterocycles. The van der Waals surface area contributed by atoms with Crippen LogP contribution in [0.25, 0.3) is 0 Å². The Hall–Kier alpha value is -2.21. The zero-order valence-electron chi connectivity index (χ0n) is 13.7. The standard InChI is InChI=1S/C18H22N2O4/c1-20-10-13-5-2-6-14(12-4-3-7-19-9-12)18(13,11-20)15(17(23)24)8-16(21)22/h3-4,7-9,13-14H,2,5-6,10-11H2,1H3,(H,21,22)(H,23,24)/t13-,14-,18-/m0/s1. The van der Waals surface area contributed by atoms with Crippen molar-refractivity contribution in [3.05, 3.63) is 41.7 Å². The van der Waals surface area contributed by atoms with Crippen molar-refractivity contribution in [2.45, 2.75) is 25.2 Å². The van der Waals surface area contributed by atoms with Crippen LogP contribution >= 0.6 is 0 Å². The van der Waals surface area contributed by atoms with Crippen molar-refractivity contribution in [3.8, 4) is 0 Å². The molecular weight excluding hydrogens is 308 g/mol. The van der Waals surface area contributed by atoms with Crippen LogP contribution in [0.3, 0.4) is 0 Å². The van der Waals surface area contributed by atoms with E-state index in [1.165, 1.54) is 0 Å². The number of likely N-dealkylation sites (tertiary alicyclic amines) is 1. The number of carbonyl (C=O) groups is 2. The van der Waals surface area contributed by atoms with Crippen molar-refractivity contribution in [3.63, 3.8) is 0 Å². The van der Waals surface area contributed by atoms with Crippen molar-refractivity contribution in [1.82, 2.24) is 9.88 Å². The molecule has 0 unspecified atom stereocenters. The lowest BCUT2D eigenvalue weighted by atomic mass is 9.56. The molecule has 2 fully saturated rings. The highest BCUT2D eigenvalue weighted by Crippen LogP contribution is 2.58. The van der Waals surface area contributed by atoms with Gasteiger partial charge in [-0.15, -0.1) is 0 Å². The van der Waals surface area contributed by atoms with Gasteiger partial charge in [-0.2, -0.15) is 0 Å². The molecule has 0 spiro atoms. The summed E-state index contributed by atoms with van der Waals surface area (Å²) in [4.78, 5) is 29.6. The summed E-state index contributed by atoms with van der Waals surface area (Å²) in [6.45, 7) is 1.35. The van der Waals surface area contributed by atoms with Crippen molar-refractivity contribution in [1.29, 1.82) is 0 Å². The molecule has 2 N–H and O–H groups in total. The summed E-state index contributed by atoms with van der Waals surface area (Å²) in [5.41, 5.74) is 0.341. The highest BCUT2D eigenvalue weighted by Gasteiger charge is 2.56. The number of aromatic nitrogens is 1. The Bertz CT molecular complexity index is 673. The van der Waals surface area contributed by atoms with E-state index in [4.69, 9.17) is 0 Å². The minimum absolute atomic E-state index is 0.0258. The van der Waals surface area contributed by atoms with Gasteiger partial charge in [-0.1, -0.05) is 12.5 Å². The highest BCUT2D eigenvalue weighted by molar-refractivity contribution is 5.96. The monoisotopic (exact) mass is 330 g/mol. The lowest BCUT2D eigenvalue weighted by Gasteiger charge is -2.46. The van der Waals surface area contributed by atoms with Gasteiger partial charge in [-0.3, -0.25) is 4.98 Å². The van der Waals surface area contributed by atoms with Crippen LogP contribution < -0.4 is 0 Å². The zero-order valence-corrected chi connectivity index (χ0v) is 13.7. The number of nitrogens with zero attached hydrogens (tertiary/aromatic N) is 2. The second kappa shape index (κ2) is 6.36. The van der Waals surface area contributed by atoms with Gasteiger partial charge in [0.25, 0.3) is 0 Å². The normalized spacial score (nSPS) is 30.8. The molecule has 1 aromatic heterocycles. The fourth-order valence-electron chi connectivity index (χ4n) is 4.81. The number of carboxylic acid groups (broad SMARTS) is 2. The van der Waals surface area contributed by atoms with Gasteiger partial charge in [-0.05, 0) is 43.4 Å². The van der Waals surface area contributed by atoms with E-state index in [-0.39, 0.29) is 17.4 Å². The number of carboxylic acids is 2. The maximum Gasteiger partial charge on any atom is 0.332 e. The van der Waals surface area contributed by atoms with E-state index < -0.39 is 17.4 Å². The number of aliphatic carboxylic acids is 2. The van der Waals surface area contributed by atoms with Gasteiger partial charge in [-0.25, -0.2) is 9.59 Å². The first-order chi connectivity index (χ1) is 11.4. The summed E-state index contributed by atoms with van der Waals surface area (Å²) in [6, 6.07) is 3.83. The first-order valence-corrected chi connectivity index (χ1v) is 8.22. The lowest BCUT2D eigenvalue weighted by molar-refractivity contribution is -0.136. The number of pyridine rings is 1. The molecule has 128 valence electrons. The molecule has 0 aromatic carbocycles. The molecule has 6 nitrogen and oxygen atoms in total. The van der Waals surface area contributed by atoms with E-state index in [0.717, 1.165) is 37.4 Å². The molecule has 0 radical (unpaired) electrons. The molecule has 1 aliphatic carbocycles. The first kappa shape index (κ1) is 16.6. The molecule has 0 bridgehead atoms. The molecule has 6 heteroatoms. The van der Waals surface area contributed by atoms with Crippen LogP contribution in [0, 0.1) is 11.3 Å². The summed E-state index contributed by atoms with van der Waals surface area (Å²) in [5.74, 6) is -2.22. The summed E-state index contributed by atoms with van der Waals surface area (Å²) in [5, 5.41) is 19.0. The third-order valence-corrected chi connectivity index (χ3v) is 5.55. The molecule has 3 atom stereocenters. The Labute approximate surface area is 140 Å². The molecule has 1 aromatic rings. The van der Waals surface area contributed by atoms with Crippen molar-refractivity contribution in [2.75, 3.05) is 20.1 Å². The van der Waals surface area contributed by atoms with E-state index in [2.05, 4.69) is 9.88 Å². The summed E-state index contributed by atoms with van der Waals surface area (Å²) < 4.78 is 0. The van der Waals surface area contributed by atoms with Gasteiger partial charge in [0.1, 0.15) is 0 Å². The largest absolute Gasteiger partial charge is 0.478 e. The van der Waals surface area contributed by atoms with Gasteiger partial charge >= 0.3 is 11.9 Å². The third-order valence-electron chi connectivity index (χ3n) is 5.55. The minimum atomic E-state index is -1.20. The molecule has 2 heterocycles. The first-order valence-electron chi connectivity index (χ1n) is 8.22. The van der Waals surface area contributed by atoms with Crippen LogP contribution in [0.5, 0.6) is 0 Å². The second-order valence-electron chi connectivity index (χ2n) is 6.91. The van der Waals surface area contributed by atoms with Crippen molar-refractivity contribution in [2.24, 2.45) is 11.3 Å². The molecule has 3 rings (SSSR count). The number of rotatable bonds is 4. The fraction of sp³-hybridized carbons (Fsp3) is 0.500. The van der Waals surface area contributed by atoms with E-state index in [0.29, 0.717) is 6.54 Å². The van der Waals surface area contributed by atoms with E-state index in [1.54, 1.807) is 12.4 Å². The number of hydrogen-bond acceptors (Lipinski definition) is 4. The Morgan fingerprint density at radius 3 is 2.79 bits per heavy atom. The predicted molar refractivity (Wildman–Crippen MR) is 87.6 cm³/mol. The zero-order chi connectivity index (χ0) is 17.3. The van der Waals surface area contributed by atoms with Gasteiger partial charge in [0.15, 0.2) is 0 Å². The fourth-order valence-corrected chi connectivity index (χ4v) is 4.81. The van der Waals surface area contributed by atoms with Crippen LogP contribution in [-0.2, 0) is 9.59 Å². The highest BCUT2D eigenvalue weighted by atomic mass is 16.4. The van der Waals surface area contributed by atoms with E-state index >= 15 is 0 Å². The van der Waals surface area contributed by atoms with Crippen LogP contribution in [0.2, 0.25) is 0 Å². The molecular formula is C18H22N2O4. The molecule has 1 saturated carbocycles. The number of hydrogen-bond donors (Lipinski definition) is 2. The maximum absolute atomic E-state index is 12.0. The minimum Gasteiger partial charge on any atom is -0.478 e. The van der Waals surface area contributed by atoms with Crippen molar-refractivity contribution < 1.29 is 19.8 Å². The summed E-state index contributed by atoms with van der Waals surface area (Å²) >= 11 is 0. The Balaban J connectivity index is 2.18. The van der Waals surface area contributed by atoms with Crippen molar-refractivity contribution >= 4 is 11.9 Å². The lowest BCUT2D eigenvalue weighted by Crippen LogP contribution is -2.44. The van der Waals surface area contributed by atoms with Crippen LogP contribution in [0.15, 0.2) is 36.2 Å². The van der Waals surface area contributed by atoms with Gasteiger partial charge in [0, 0.05) is 37.0 Å². The molecule has 24 heavy (non-hydrogen) atoms. The Morgan fingerprint density at radius 1 is 1.38 bits per heavy atom. The average molecular weight is 330 g/mol. The second-order valence-corrected chi connectivity index (χ2v) is 6.91. The molecule has 0 amide bonds. The average Bonchev–Trinajstić information content (AvgIpc) is 2.89. The summed E-state index contributed by atoms with van der Waals surface area (Å²) in [7, 11) is 1.97. The van der Waals surface area contributed by atoms with E-state index in [9.17, 15) is 19.8 Å².